The highest BCUT2D eigenvalue weighted by Gasteiger charge is 2.27. The molecule has 0 bridgehead atoms. The first-order valence-corrected chi connectivity index (χ1v) is 9.35. The number of aryl methyl sites for hydroxylation is 1. The first kappa shape index (κ1) is 19.6. The number of fused-ring (bicyclic) bond motifs is 1. The van der Waals surface area contributed by atoms with Crippen molar-refractivity contribution in [2.24, 2.45) is 0 Å². The van der Waals surface area contributed by atoms with Crippen molar-refractivity contribution < 1.29 is 9.21 Å². The fourth-order valence-corrected chi connectivity index (χ4v) is 4.01. The van der Waals surface area contributed by atoms with Crippen molar-refractivity contribution in [3.8, 4) is 0 Å². The lowest BCUT2D eigenvalue weighted by molar-refractivity contribution is 0.0728. The molecule has 1 aromatic heterocycles. The minimum atomic E-state index is -0.505. The van der Waals surface area contributed by atoms with Crippen molar-refractivity contribution in [3.05, 3.63) is 68.8 Å². The van der Waals surface area contributed by atoms with E-state index in [1.54, 1.807) is 4.90 Å². The molecule has 144 valence electrons. The Labute approximate surface area is 165 Å². The highest BCUT2D eigenvalue weighted by Crippen LogP contribution is 2.25. The summed E-state index contributed by atoms with van der Waals surface area (Å²) in [6.45, 7) is 4.83. The van der Waals surface area contributed by atoms with Gasteiger partial charge < -0.3 is 14.6 Å². The predicted octanol–water partition coefficient (Wildman–Crippen LogP) is 3.04. The van der Waals surface area contributed by atoms with Crippen LogP contribution < -0.4 is 10.9 Å². The Morgan fingerprint density at radius 3 is 2.74 bits per heavy atom. The van der Waals surface area contributed by atoms with Gasteiger partial charge in [-0.2, -0.15) is 0 Å². The summed E-state index contributed by atoms with van der Waals surface area (Å²) in [7, 11) is 0. The molecule has 0 spiro atoms. The van der Waals surface area contributed by atoms with E-state index in [1.807, 2.05) is 31.2 Å². The third kappa shape index (κ3) is 3.94. The standard InChI is InChI=1S/C21H24N2O3.ClH/c1-14-11-18(16-7-4-9-22-12-16)26-21(25)19(14)20(24)23-10-8-15-5-2-3-6-17(15)13-23;/h2-3,5-6,11,16,22H,4,7-10,12-13H2,1H3;1H. The van der Waals surface area contributed by atoms with Gasteiger partial charge >= 0.3 is 5.63 Å². The number of carbonyl (C=O) groups is 1. The van der Waals surface area contributed by atoms with E-state index in [2.05, 4.69) is 11.4 Å². The monoisotopic (exact) mass is 388 g/mol. The SMILES string of the molecule is Cc1cc(C2CCCNC2)oc(=O)c1C(=O)N1CCc2ccccc2C1.Cl. The molecule has 0 radical (unpaired) electrons. The number of amides is 1. The molecule has 2 aromatic rings. The predicted molar refractivity (Wildman–Crippen MR) is 107 cm³/mol. The Hall–Kier alpha value is -2.11. The van der Waals surface area contributed by atoms with Gasteiger partial charge in [-0.1, -0.05) is 24.3 Å². The molecule has 2 aliphatic heterocycles. The molecule has 1 aromatic carbocycles. The molecule has 6 heteroatoms. The summed E-state index contributed by atoms with van der Waals surface area (Å²) >= 11 is 0. The maximum atomic E-state index is 13.0. The van der Waals surface area contributed by atoms with Gasteiger partial charge in [0.05, 0.1) is 0 Å². The Kier molecular flexibility index (Phi) is 6.02. The summed E-state index contributed by atoms with van der Waals surface area (Å²) in [5.74, 6) is 0.681. The van der Waals surface area contributed by atoms with Gasteiger partial charge in [0.15, 0.2) is 0 Å². The zero-order valence-corrected chi connectivity index (χ0v) is 16.3. The van der Waals surface area contributed by atoms with Crippen molar-refractivity contribution in [1.82, 2.24) is 10.2 Å². The number of benzene rings is 1. The number of piperidine rings is 1. The molecule has 1 amide bonds. The minimum Gasteiger partial charge on any atom is -0.427 e. The van der Waals surface area contributed by atoms with Gasteiger partial charge in [0, 0.05) is 25.6 Å². The molecule has 5 nitrogen and oxygen atoms in total. The van der Waals surface area contributed by atoms with E-state index >= 15 is 0 Å². The van der Waals surface area contributed by atoms with Crippen LogP contribution in [-0.4, -0.2) is 30.4 Å². The molecule has 27 heavy (non-hydrogen) atoms. The summed E-state index contributed by atoms with van der Waals surface area (Å²) in [6.07, 6.45) is 2.89. The van der Waals surface area contributed by atoms with E-state index in [0.29, 0.717) is 24.4 Å². The molecule has 2 aliphatic rings. The van der Waals surface area contributed by atoms with Crippen LogP contribution in [0.2, 0.25) is 0 Å². The van der Waals surface area contributed by atoms with E-state index in [9.17, 15) is 9.59 Å². The Bertz CT molecular complexity index is 887. The Morgan fingerprint density at radius 1 is 1.26 bits per heavy atom. The third-order valence-electron chi connectivity index (χ3n) is 5.50. The molecule has 4 rings (SSSR count). The maximum absolute atomic E-state index is 13.0. The minimum absolute atomic E-state index is 0. The average Bonchev–Trinajstić information content (AvgIpc) is 2.67. The first-order chi connectivity index (χ1) is 12.6. The number of carbonyl (C=O) groups excluding carboxylic acids is 1. The van der Waals surface area contributed by atoms with Gasteiger partial charge in [-0.15, -0.1) is 12.4 Å². The summed E-state index contributed by atoms with van der Waals surface area (Å²) < 4.78 is 5.57. The fraction of sp³-hybridized carbons (Fsp3) is 0.429. The van der Waals surface area contributed by atoms with Crippen LogP contribution in [0.1, 0.15) is 51.6 Å². The van der Waals surface area contributed by atoms with E-state index in [-0.39, 0.29) is 29.8 Å². The van der Waals surface area contributed by atoms with Gasteiger partial charge in [0.1, 0.15) is 11.3 Å². The molecule has 1 unspecified atom stereocenters. The number of hydrogen-bond acceptors (Lipinski definition) is 4. The van der Waals surface area contributed by atoms with E-state index < -0.39 is 5.63 Å². The second kappa shape index (κ2) is 8.28. The molecule has 1 N–H and O–H groups in total. The molecule has 0 saturated carbocycles. The summed E-state index contributed by atoms with van der Waals surface area (Å²) in [6, 6.07) is 10.0. The van der Waals surface area contributed by atoms with Crippen molar-refractivity contribution in [1.29, 1.82) is 0 Å². The quantitative estimate of drug-likeness (QED) is 0.858. The second-order valence-electron chi connectivity index (χ2n) is 7.28. The summed E-state index contributed by atoms with van der Waals surface area (Å²) in [4.78, 5) is 27.3. The molecular formula is C21H25ClN2O3. The van der Waals surface area contributed by atoms with E-state index in [1.165, 1.54) is 5.56 Å². The lowest BCUT2D eigenvalue weighted by Crippen LogP contribution is -2.38. The van der Waals surface area contributed by atoms with Gasteiger partial charge in [0.25, 0.3) is 5.91 Å². The van der Waals surface area contributed by atoms with Crippen molar-refractivity contribution in [2.75, 3.05) is 19.6 Å². The van der Waals surface area contributed by atoms with Crippen LogP contribution >= 0.6 is 12.4 Å². The van der Waals surface area contributed by atoms with Crippen LogP contribution in [0.5, 0.6) is 0 Å². The topological polar surface area (TPSA) is 62.6 Å². The molecular weight excluding hydrogens is 364 g/mol. The van der Waals surface area contributed by atoms with Crippen molar-refractivity contribution in [3.63, 3.8) is 0 Å². The van der Waals surface area contributed by atoms with Crippen LogP contribution in [0.4, 0.5) is 0 Å². The Balaban J connectivity index is 0.00000210. The van der Waals surface area contributed by atoms with Gasteiger partial charge in [-0.3, -0.25) is 4.79 Å². The normalized spacial score (nSPS) is 19.1. The highest BCUT2D eigenvalue weighted by atomic mass is 35.5. The second-order valence-corrected chi connectivity index (χ2v) is 7.28. The number of nitrogens with one attached hydrogen (secondary N) is 1. The van der Waals surface area contributed by atoms with Crippen LogP contribution in [0.25, 0.3) is 0 Å². The lowest BCUT2D eigenvalue weighted by atomic mass is 9.95. The van der Waals surface area contributed by atoms with Gasteiger partial charge in [-0.05, 0) is 55.5 Å². The smallest absolute Gasteiger partial charge is 0.349 e. The summed E-state index contributed by atoms with van der Waals surface area (Å²) in [5, 5.41) is 3.33. The number of rotatable bonds is 2. The molecule has 3 heterocycles. The van der Waals surface area contributed by atoms with Crippen LogP contribution in [0, 0.1) is 6.92 Å². The number of nitrogens with zero attached hydrogens (tertiary/aromatic N) is 1. The largest absolute Gasteiger partial charge is 0.427 e. The van der Waals surface area contributed by atoms with Crippen molar-refractivity contribution >= 4 is 18.3 Å². The Morgan fingerprint density at radius 2 is 2.04 bits per heavy atom. The lowest BCUT2D eigenvalue weighted by Gasteiger charge is -2.29. The number of hydrogen-bond donors (Lipinski definition) is 1. The van der Waals surface area contributed by atoms with Crippen LogP contribution in [0.3, 0.4) is 0 Å². The van der Waals surface area contributed by atoms with Gasteiger partial charge in [0.2, 0.25) is 0 Å². The third-order valence-corrected chi connectivity index (χ3v) is 5.50. The molecule has 0 aliphatic carbocycles. The van der Waals surface area contributed by atoms with E-state index in [4.69, 9.17) is 4.42 Å². The van der Waals surface area contributed by atoms with E-state index in [0.717, 1.165) is 37.9 Å². The van der Waals surface area contributed by atoms with Crippen molar-refractivity contribution in [2.45, 2.75) is 38.6 Å². The summed E-state index contributed by atoms with van der Waals surface area (Å²) in [5.41, 5.74) is 2.82. The highest BCUT2D eigenvalue weighted by molar-refractivity contribution is 5.95. The maximum Gasteiger partial charge on any atom is 0.349 e. The van der Waals surface area contributed by atoms with Crippen LogP contribution in [-0.2, 0) is 13.0 Å². The molecule has 1 fully saturated rings. The number of halogens is 1. The molecule has 1 saturated heterocycles. The zero-order valence-electron chi connectivity index (χ0n) is 15.5. The fourth-order valence-electron chi connectivity index (χ4n) is 4.01. The first-order valence-electron chi connectivity index (χ1n) is 9.35. The average molecular weight is 389 g/mol. The van der Waals surface area contributed by atoms with Crippen LogP contribution in [0.15, 0.2) is 39.5 Å². The van der Waals surface area contributed by atoms with Gasteiger partial charge in [-0.25, -0.2) is 4.79 Å². The zero-order chi connectivity index (χ0) is 18.1. The molecule has 1 atom stereocenters.